The Morgan fingerprint density at radius 1 is 1.16 bits per heavy atom. The van der Waals surface area contributed by atoms with Crippen LogP contribution in [0.15, 0.2) is 47.6 Å². The van der Waals surface area contributed by atoms with Crippen molar-refractivity contribution in [3.8, 4) is 0 Å². The van der Waals surface area contributed by atoms with Gasteiger partial charge in [-0.3, -0.25) is 5.10 Å². The summed E-state index contributed by atoms with van der Waals surface area (Å²) >= 11 is 3.53. The molecule has 0 spiro atoms. The molecule has 2 fully saturated rings. The van der Waals surface area contributed by atoms with Gasteiger partial charge in [0.15, 0.2) is 5.82 Å². The first-order chi connectivity index (χ1) is 15.5. The van der Waals surface area contributed by atoms with Crippen molar-refractivity contribution in [3.05, 3.63) is 58.8 Å². The topological polar surface area (TPSA) is 85.0 Å². The SMILES string of the molecule is C=C(c1cccc(Nc2ncc(Br)c(Nc3cc(C4CC4)n[nH]3)n2)c1)N1CCN(C)CC1. The van der Waals surface area contributed by atoms with Gasteiger partial charge in [0.2, 0.25) is 5.95 Å². The van der Waals surface area contributed by atoms with Crippen LogP contribution in [-0.4, -0.2) is 63.2 Å². The minimum atomic E-state index is 0.514. The summed E-state index contributed by atoms with van der Waals surface area (Å²) in [4.78, 5) is 13.7. The maximum absolute atomic E-state index is 4.64. The molecule has 3 heterocycles. The number of rotatable bonds is 7. The van der Waals surface area contributed by atoms with E-state index in [2.05, 4.69) is 82.3 Å². The molecule has 3 N–H and O–H groups in total. The summed E-state index contributed by atoms with van der Waals surface area (Å²) in [7, 11) is 2.16. The second-order valence-corrected chi connectivity index (χ2v) is 9.29. The predicted molar refractivity (Wildman–Crippen MR) is 131 cm³/mol. The third-order valence-electron chi connectivity index (χ3n) is 5.93. The van der Waals surface area contributed by atoms with Crippen molar-refractivity contribution < 1.29 is 0 Å². The molecule has 32 heavy (non-hydrogen) atoms. The first-order valence-corrected chi connectivity index (χ1v) is 11.7. The van der Waals surface area contributed by atoms with Crippen LogP contribution in [0.3, 0.4) is 0 Å². The zero-order valence-electron chi connectivity index (χ0n) is 18.1. The lowest BCUT2D eigenvalue weighted by Crippen LogP contribution is -2.43. The number of nitrogens with zero attached hydrogens (tertiary/aromatic N) is 5. The Balaban J connectivity index is 1.29. The molecule has 1 aromatic carbocycles. The van der Waals surface area contributed by atoms with Gasteiger partial charge < -0.3 is 20.4 Å². The Labute approximate surface area is 196 Å². The average molecular weight is 495 g/mol. The Kier molecular flexibility index (Phi) is 5.84. The highest BCUT2D eigenvalue weighted by atomic mass is 79.9. The van der Waals surface area contributed by atoms with Gasteiger partial charge in [0.25, 0.3) is 0 Å². The number of anilines is 4. The maximum atomic E-state index is 4.64. The van der Waals surface area contributed by atoms with E-state index < -0.39 is 0 Å². The van der Waals surface area contributed by atoms with E-state index >= 15 is 0 Å². The molecule has 0 unspecified atom stereocenters. The molecule has 0 bridgehead atoms. The average Bonchev–Trinajstić information content (AvgIpc) is 3.55. The van der Waals surface area contributed by atoms with E-state index in [1.165, 1.54) is 12.8 Å². The molecule has 2 aliphatic rings. The van der Waals surface area contributed by atoms with Crippen molar-refractivity contribution in [2.75, 3.05) is 43.9 Å². The normalized spacial score (nSPS) is 16.8. The highest BCUT2D eigenvalue weighted by molar-refractivity contribution is 9.10. The van der Waals surface area contributed by atoms with Crippen molar-refractivity contribution in [1.29, 1.82) is 0 Å². The number of likely N-dealkylation sites (N-methyl/N-ethyl adjacent to an activating group) is 1. The number of H-pyrrole nitrogens is 1. The van der Waals surface area contributed by atoms with E-state index in [4.69, 9.17) is 0 Å². The number of aromatic nitrogens is 4. The van der Waals surface area contributed by atoms with Crippen LogP contribution in [0.4, 0.5) is 23.3 Å². The summed E-state index contributed by atoms with van der Waals surface area (Å²) in [5.41, 5.74) is 4.17. The molecular formula is C23H27BrN8. The summed E-state index contributed by atoms with van der Waals surface area (Å²) in [5.74, 6) is 2.61. The van der Waals surface area contributed by atoms with Crippen LogP contribution in [-0.2, 0) is 0 Å². The second kappa shape index (κ2) is 8.91. The van der Waals surface area contributed by atoms with Gasteiger partial charge in [-0.2, -0.15) is 10.1 Å². The molecule has 1 saturated heterocycles. The van der Waals surface area contributed by atoms with Crippen LogP contribution in [0.5, 0.6) is 0 Å². The van der Waals surface area contributed by atoms with Crippen molar-refractivity contribution in [3.63, 3.8) is 0 Å². The lowest BCUT2D eigenvalue weighted by molar-refractivity contribution is 0.207. The highest BCUT2D eigenvalue weighted by Crippen LogP contribution is 2.39. The standard InChI is InChI=1S/C23H27BrN8/c1-15(32-10-8-31(2)9-11-32)17-4-3-5-18(12-17)26-23-25-14-19(24)22(28-23)27-21-13-20(29-30-21)16-6-7-16/h3-5,12-14,16H,1,6-11H2,2H3,(H3,25,26,27,28,29,30). The predicted octanol–water partition coefficient (Wildman–Crippen LogP) is 4.54. The fraction of sp³-hybridized carbons (Fsp3) is 0.348. The molecule has 0 radical (unpaired) electrons. The van der Waals surface area contributed by atoms with Crippen molar-refractivity contribution in [1.82, 2.24) is 30.0 Å². The summed E-state index contributed by atoms with van der Waals surface area (Å²) in [6.07, 6.45) is 4.18. The van der Waals surface area contributed by atoms with Gasteiger partial charge in [0.05, 0.1) is 10.2 Å². The van der Waals surface area contributed by atoms with E-state index in [9.17, 15) is 0 Å². The molecule has 1 saturated carbocycles. The molecule has 5 rings (SSSR count). The minimum Gasteiger partial charge on any atom is -0.369 e. The largest absolute Gasteiger partial charge is 0.369 e. The molecule has 3 aromatic rings. The number of nitrogens with one attached hydrogen (secondary N) is 3. The van der Waals surface area contributed by atoms with E-state index in [1.54, 1.807) is 6.20 Å². The van der Waals surface area contributed by atoms with Crippen LogP contribution >= 0.6 is 15.9 Å². The molecule has 1 aliphatic carbocycles. The monoisotopic (exact) mass is 494 g/mol. The van der Waals surface area contributed by atoms with E-state index in [0.29, 0.717) is 17.7 Å². The van der Waals surface area contributed by atoms with Gasteiger partial charge in [-0.05, 0) is 53.5 Å². The molecule has 2 aromatic heterocycles. The molecule has 0 atom stereocenters. The van der Waals surface area contributed by atoms with Crippen molar-refractivity contribution >= 4 is 44.9 Å². The van der Waals surface area contributed by atoms with Crippen LogP contribution in [0.1, 0.15) is 30.0 Å². The number of halogens is 1. The van der Waals surface area contributed by atoms with E-state index in [1.807, 2.05) is 18.2 Å². The van der Waals surface area contributed by atoms with Gasteiger partial charge in [0.1, 0.15) is 5.82 Å². The summed E-state index contributed by atoms with van der Waals surface area (Å²) < 4.78 is 0.780. The number of piperazine rings is 1. The van der Waals surface area contributed by atoms with Crippen molar-refractivity contribution in [2.45, 2.75) is 18.8 Å². The lowest BCUT2D eigenvalue weighted by atomic mass is 10.1. The molecule has 9 heteroatoms. The maximum Gasteiger partial charge on any atom is 0.229 e. The number of aromatic amines is 1. The number of hydrogen-bond donors (Lipinski definition) is 3. The molecule has 166 valence electrons. The minimum absolute atomic E-state index is 0.514. The molecule has 8 nitrogen and oxygen atoms in total. The van der Waals surface area contributed by atoms with Crippen LogP contribution in [0, 0.1) is 0 Å². The van der Waals surface area contributed by atoms with Gasteiger partial charge in [-0.25, -0.2) is 4.98 Å². The van der Waals surface area contributed by atoms with Gasteiger partial charge >= 0.3 is 0 Å². The van der Waals surface area contributed by atoms with Crippen LogP contribution in [0.2, 0.25) is 0 Å². The Bertz CT molecular complexity index is 1110. The Morgan fingerprint density at radius 2 is 1.97 bits per heavy atom. The quantitative estimate of drug-likeness (QED) is 0.444. The Hall–Kier alpha value is -2.91. The van der Waals surface area contributed by atoms with E-state index in [0.717, 1.165) is 59.1 Å². The van der Waals surface area contributed by atoms with Gasteiger partial charge in [-0.15, -0.1) is 0 Å². The second-order valence-electron chi connectivity index (χ2n) is 8.44. The first kappa shape index (κ1) is 21.0. The Morgan fingerprint density at radius 3 is 2.75 bits per heavy atom. The summed E-state index contributed by atoms with van der Waals surface area (Å²) in [6.45, 7) is 8.43. The van der Waals surface area contributed by atoms with Crippen molar-refractivity contribution in [2.24, 2.45) is 0 Å². The van der Waals surface area contributed by atoms with Gasteiger partial charge in [-0.1, -0.05) is 18.7 Å². The third kappa shape index (κ3) is 4.78. The molecule has 1 aliphatic heterocycles. The molecular weight excluding hydrogens is 468 g/mol. The zero-order chi connectivity index (χ0) is 22.1. The lowest BCUT2D eigenvalue weighted by Gasteiger charge is -2.35. The van der Waals surface area contributed by atoms with E-state index in [-0.39, 0.29) is 0 Å². The fourth-order valence-corrected chi connectivity index (χ4v) is 4.09. The fourth-order valence-electron chi connectivity index (χ4n) is 3.80. The van der Waals surface area contributed by atoms with Crippen LogP contribution in [0.25, 0.3) is 5.70 Å². The smallest absolute Gasteiger partial charge is 0.229 e. The first-order valence-electron chi connectivity index (χ1n) is 10.9. The highest BCUT2D eigenvalue weighted by Gasteiger charge is 2.26. The molecule has 0 amide bonds. The van der Waals surface area contributed by atoms with Crippen LogP contribution < -0.4 is 10.6 Å². The number of hydrogen-bond acceptors (Lipinski definition) is 7. The zero-order valence-corrected chi connectivity index (χ0v) is 19.7. The third-order valence-corrected chi connectivity index (χ3v) is 6.51. The number of benzene rings is 1. The summed E-state index contributed by atoms with van der Waals surface area (Å²) in [6, 6.07) is 10.3. The van der Waals surface area contributed by atoms with Gasteiger partial charge in [0, 0.05) is 55.7 Å². The summed E-state index contributed by atoms with van der Waals surface area (Å²) in [5, 5.41) is 14.0.